The quantitative estimate of drug-likeness (QED) is 0.683. The predicted octanol–water partition coefficient (Wildman–Crippen LogP) is 1.40. The number of fused-ring (bicyclic) bond motifs is 3. The molecule has 2 aliphatic heterocycles. The van der Waals surface area contributed by atoms with Crippen LogP contribution in [0.15, 0.2) is 36.7 Å². The second-order valence-corrected chi connectivity index (χ2v) is 3.58. The second-order valence-electron chi connectivity index (χ2n) is 3.58. The second kappa shape index (κ2) is 2.98. The summed E-state index contributed by atoms with van der Waals surface area (Å²) in [6.45, 7) is 0.371. The maximum atomic E-state index is 11.6. The van der Waals surface area contributed by atoms with Crippen molar-refractivity contribution < 1.29 is 4.79 Å². The van der Waals surface area contributed by atoms with Gasteiger partial charge >= 0.3 is 0 Å². The third-order valence-corrected chi connectivity index (χ3v) is 2.66. The molecule has 74 valence electrons. The fraction of sp³-hybridized carbons (Fsp3) is 0.0833. The number of nitrogens with zero attached hydrogens (tertiary/aromatic N) is 1. The Hall–Kier alpha value is -2.03. The Balaban J connectivity index is 2.19. The van der Waals surface area contributed by atoms with E-state index in [-0.39, 0.29) is 5.91 Å². The van der Waals surface area contributed by atoms with Crippen molar-refractivity contribution in [2.45, 2.75) is 0 Å². The molecule has 1 N–H and O–H groups in total. The SMILES string of the molecule is O=C1CNC=C2c3ccccc3C=CN12. The van der Waals surface area contributed by atoms with Gasteiger partial charge in [-0.1, -0.05) is 24.3 Å². The van der Waals surface area contributed by atoms with Crippen molar-refractivity contribution in [1.29, 1.82) is 0 Å². The van der Waals surface area contributed by atoms with Crippen molar-refractivity contribution in [3.8, 4) is 0 Å². The number of nitrogens with one attached hydrogen (secondary N) is 1. The average Bonchev–Trinajstić information content (AvgIpc) is 2.29. The number of hydrogen-bond acceptors (Lipinski definition) is 2. The van der Waals surface area contributed by atoms with E-state index >= 15 is 0 Å². The summed E-state index contributed by atoms with van der Waals surface area (Å²) in [5, 5.41) is 2.99. The largest absolute Gasteiger partial charge is 0.380 e. The van der Waals surface area contributed by atoms with Crippen LogP contribution in [-0.2, 0) is 4.79 Å². The highest BCUT2D eigenvalue weighted by molar-refractivity contribution is 5.95. The van der Waals surface area contributed by atoms with Crippen molar-refractivity contribution >= 4 is 17.7 Å². The number of rotatable bonds is 0. The van der Waals surface area contributed by atoms with Crippen molar-refractivity contribution in [2.24, 2.45) is 0 Å². The Morgan fingerprint density at radius 3 is 3.07 bits per heavy atom. The van der Waals surface area contributed by atoms with Gasteiger partial charge in [-0.15, -0.1) is 0 Å². The molecular formula is C12H10N2O. The molecule has 3 heteroatoms. The lowest BCUT2D eigenvalue weighted by Crippen LogP contribution is -2.38. The zero-order valence-corrected chi connectivity index (χ0v) is 8.10. The van der Waals surface area contributed by atoms with Gasteiger partial charge in [0.1, 0.15) is 0 Å². The monoisotopic (exact) mass is 198 g/mol. The van der Waals surface area contributed by atoms with Crippen molar-refractivity contribution in [2.75, 3.05) is 6.54 Å². The number of benzene rings is 1. The van der Waals surface area contributed by atoms with E-state index in [2.05, 4.69) is 5.32 Å². The maximum absolute atomic E-state index is 11.6. The van der Waals surface area contributed by atoms with E-state index in [1.165, 1.54) is 0 Å². The van der Waals surface area contributed by atoms with Gasteiger partial charge in [0.25, 0.3) is 0 Å². The molecule has 0 saturated heterocycles. The van der Waals surface area contributed by atoms with E-state index in [0.717, 1.165) is 16.8 Å². The van der Waals surface area contributed by atoms with Crippen molar-refractivity contribution in [1.82, 2.24) is 10.2 Å². The highest BCUT2D eigenvalue weighted by Crippen LogP contribution is 2.29. The van der Waals surface area contributed by atoms with Crippen LogP contribution in [0.3, 0.4) is 0 Å². The van der Waals surface area contributed by atoms with Gasteiger partial charge in [-0.25, -0.2) is 0 Å². The van der Waals surface area contributed by atoms with E-state index in [0.29, 0.717) is 6.54 Å². The van der Waals surface area contributed by atoms with Crippen LogP contribution in [0, 0.1) is 0 Å². The van der Waals surface area contributed by atoms with Crippen LogP contribution in [0.25, 0.3) is 11.8 Å². The minimum absolute atomic E-state index is 0.0817. The smallest absolute Gasteiger partial charge is 0.250 e. The van der Waals surface area contributed by atoms with Gasteiger partial charge in [0.05, 0.1) is 12.2 Å². The average molecular weight is 198 g/mol. The lowest BCUT2D eigenvalue weighted by atomic mass is 10.0. The maximum Gasteiger partial charge on any atom is 0.250 e. The van der Waals surface area contributed by atoms with Gasteiger partial charge in [0, 0.05) is 18.0 Å². The first-order valence-corrected chi connectivity index (χ1v) is 4.89. The van der Waals surface area contributed by atoms with Crippen LogP contribution in [0.1, 0.15) is 11.1 Å². The van der Waals surface area contributed by atoms with Crippen molar-refractivity contribution in [3.05, 3.63) is 47.8 Å². The summed E-state index contributed by atoms with van der Waals surface area (Å²) in [5.74, 6) is 0.0817. The Morgan fingerprint density at radius 1 is 1.27 bits per heavy atom. The molecule has 1 amide bonds. The fourth-order valence-corrected chi connectivity index (χ4v) is 1.93. The molecule has 2 heterocycles. The lowest BCUT2D eigenvalue weighted by molar-refractivity contribution is -0.125. The molecule has 2 aliphatic rings. The van der Waals surface area contributed by atoms with Crippen LogP contribution < -0.4 is 5.32 Å². The zero-order valence-electron chi connectivity index (χ0n) is 8.10. The standard InChI is InChI=1S/C12H10N2O/c15-12-8-13-7-11-10-4-2-1-3-9(10)5-6-14(11)12/h1-7,13H,8H2. The summed E-state index contributed by atoms with van der Waals surface area (Å²) < 4.78 is 0. The molecule has 0 saturated carbocycles. The number of carbonyl (C=O) groups excluding carboxylic acids is 1. The summed E-state index contributed by atoms with van der Waals surface area (Å²) >= 11 is 0. The van der Waals surface area contributed by atoms with Gasteiger partial charge < -0.3 is 5.32 Å². The van der Waals surface area contributed by atoms with Gasteiger partial charge in [-0.05, 0) is 11.6 Å². The molecule has 3 nitrogen and oxygen atoms in total. The van der Waals surface area contributed by atoms with E-state index in [4.69, 9.17) is 0 Å². The first-order chi connectivity index (χ1) is 7.36. The molecule has 1 aromatic carbocycles. The topological polar surface area (TPSA) is 32.3 Å². The summed E-state index contributed by atoms with van der Waals surface area (Å²) in [6.07, 6.45) is 5.69. The Kier molecular flexibility index (Phi) is 1.65. The van der Waals surface area contributed by atoms with Crippen LogP contribution >= 0.6 is 0 Å². The van der Waals surface area contributed by atoms with E-state index in [1.54, 1.807) is 4.90 Å². The number of amides is 1. The highest BCUT2D eigenvalue weighted by Gasteiger charge is 2.24. The Bertz CT molecular complexity index is 488. The lowest BCUT2D eigenvalue weighted by Gasteiger charge is -2.29. The third kappa shape index (κ3) is 1.16. The molecular weight excluding hydrogens is 188 g/mol. The van der Waals surface area contributed by atoms with Gasteiger partial charge in [-0.3, -0.25) is 9.69 Å². The first-order valence-electron chi connectivity index (χ1n) is 4.89. The number of hydrogen-bond donors (Lipinski definition) is 1. The minimum atomic E-state index is 0.0817. The normalized spacial score (nSPS) is 17.7. The van der Waals surface area contributed by atoms with E-state index in [9.17, 15) is 4.79 Å². The summed E-state index contributed by atoms with van der Waals surface area (Å²) in [7, 11) is 0. The summed E-state index contributed by atoms with van der Waals surface area (Å²) in [6, 6.07) is 8.05. The molecule has 0 bridgehead atoms. The first kappa shape index (κ1) is 8.29. The van der Waals surface area contributed by atoms with Crippen LogP contribution in [0.2, 0.25) is 0 Å². The molecule has 0 aromatic heterocycles. The van der Waals surface area contributed by atoms with E-state index < -0.39 is 0 Å². The fourth-order valence-electron chi connectivity index (χ4n) is 1.93. The van der Waals surface area contributed by atoms with Crippen LogP contribution in [0.5, 0.6) is 0 Å². The Labute approximate surface area is 87.7 Å². The summed E-state index contributed by atoms with van der Waals surface area (Å²) in [4.78, 5) is 13.3. The van der Waals surface area contributed by atoms with E-state index in [1.807, 2.05) is 42.7 Å². The van der Waals surface area contributed by atoms with Crippen LogP contribution in [-0.4, -0.2) is 17.4 Å². The van der Waals surface area contributed by atoms with Gasteiger partial charge in [0.2, 0.25) is 5.91 Å². The molecule has 0 aliphatic carbocycles. The number of carbonyl (C=O) groups is 1. The third-order valence-electron chi connectivity index (χ3n) is 2.66. The molecule has 3 rings (SSSR count). The molecule has 0 radical (unpaired) electrons. The molecule has 0 unspecified atom stereocenters. The zero-order chi connectivity index (χ0) is 10.3. The molecule has 0 atom stereocenters. The molecule has 0 spiro atoms. The molecule has 1 aromatic rings. The molecule has 0 fully saturated rings. The van der Waals surface area contributed by atoms with Gasteiger partial charge in [0.15, 0.2) is 0 Å². The van der Waals surface area contributed by atoms with Crippen molar-refractivity contribution in [3.63, 3.8) is 0 Å². The Morgan fingerprint density at radius 2 is 2.13 bits per heavy atom. The predicted molar refractivity (Wildman–Crippen MR) is 58.3 cm³/mol. The molecule has 15 heavy (non-hydrogen) atoms. The highest BCUT2D eigenvalue weighted by atomic mass is 16.2. The summed E-state index contributed by atoms with van der Waals surface area (Å²) in [5.41, 5.74) is 3.18. The minimum Gasteiger partial charge on any atom is -0.380 e. The van der Waals surface area contributed by atoms with Gasteiger partial charge in [-0.2, -0.15) is 0 Å². The van der Waals surface area contributed by atoms with Crippen LogP contribution in [0.4, 0.5) is 0 Å².